The summed E-state index contributed by atoms with van der Waals surface area (Å²) in [4.78, 5) is 17.0. The number of pyridine rings is 1. The number of carbonyl (C=O) groups is 1. The molecular weight excluding hydrogens is 478 g/mol. The number of fused-ring (bicyclic) bond motifs is 2. The summed E-state index contributed by atoms with van der Waals surface area (Å²) in [6.07, 6.45) is 4.64. The van der Waals surface area contributed by atoms with Gasteiger partial charge < -0.3 is 20.6 Å². The third-order valence-electron chi connectivity index (χ3n) is 7.40. The minimum atomic E-state index is -0.492. The summed E-state index contributed by atoms with van der Waals surface area (Å²) in [6.45, 7) is 4.23. The Kier molecular flexibility index (Phi) is 6.12. The standard InChI is InChI=1S/C30H31N5O3/c1-17(2)28-27-23(26-15-18-5-3-4-6-25(18)38-26)13-14-32-30(27)35(34-28)20-9-12-22(29(31)37)24(16-20)33-19-7-10-21(36)11-8-19/h3-6,9,12-17,19,21,33,36H,7-8,10-11H2,1-2H3,(H2,31,37)/t19-,21-. The summed E-state index contributed by atoms with van der Waals surface area (Å²) in [7, 11) is 0. The number of anilines is 1. The molecule has 1 amide bonds. The highest BCUT2D eigenvalue weighted by Gasteiger charge is 2.24. The lowest BCUT2D eigenvalue weighted by molar-refractivity contribution is 0.100. The first-order valence-corrected chi connectivity index (χ1v) is 13.1. The first-order valence-electron chi connectivity index (χ1n) is 13.1. The van der Waals surface area contributed by atoms with Gasteiger partial charge in [-0.05, 0) is 68.0 Å². The number of primary amides is 1. The fraction of sp³-hybridized carbons (Fsp3) is 0.300. The number of aliphatic hydroxyl groups excluding tert-OH is 1. The molecule has 0 atom stereocenters. The fourth-order valence-corrected chi connectivity index (χ4v) is 5.41. The molecule has 1 fully saturated rings. The Hall–Kier alpha value is -4.17. The average Bonchev–Trinajstić information content (AvgIpc) is 3.52. The lowest BCUT2D eigenvalue weighted by Crippen LogP contribution is -2.29. The molecule has 2 aromatic carbocycles. The normalized spacial score (nSPS) is 17.9. The highest BCUT2D eigenvalue weighted by atomic mass is 16.3. The van der Waals surface area contributed by atoms with Crippen LogP contribution in [0.15, 0.2) is 65.2 Å². The smallest absolute Gasteiger partial charge is 0.250 e. The minimum Gasteiger partial charge on any atom is -0.456 e. The second-order valence-corrected chi connectivity index (χ2v) is 10.4. The van der Waals surface area contributed by atoms with Crippen molar-refractivity contribution in [2.75, 3.05) is 5.32 Å². The van der Waals surface area contributed by atoms with Gasteiger partial charge in [0, 0.05) is 28.9 Å². The van der Waals surface area contributed by atoms with Gasteiger partial charge in [-0.15, -0.1) is 0 Å². The second kappa shape index (κ2) is 9.61. The molecule has 3 heterocycles. The summed E-state index contributed by atoms with van der Waals surface area (Å²) in [6, 6.07) is 17.6. The van der Waals surface area contributed by atoms with E-state index in [2.05, 4.69) is 25.2 Å². The molecule has 0 aliphatic heterocycles. The number of nitrogens with one attached hydrogen (secondary N) is 1. The van der Waals surface area contributed by atoms with E-state index in [-0.39, 0.29) is 18.1 Å². The topological polar surface area (TPSA) is 119 Å². The summed E-state index contributed by atoms with van der Waals surface area (Å²) in [5.74, 6) is 0.418. The second-order valence-electron chi connectivity index (χ2n) is 10.4. The summed E-state index contributed by atoms with van der Waals surface area (Å²) in [5.41, 5.74) is 11.0. The van der Waals surface area contributed by atoms with E-state index in [0.717, 1.165) is 64.7 Å². The molecule has 8 nitrogen and oxygen atoms in total. The first-order chi connectivity index (χ1) is 18.4. The van der Waals surface area contributed by atoms with Gasteiger partial charge in [-0.1, -0.05) is 32.0 Å². The van der Waals surface area contributed by atoms with Gasteiger partial charge in [-0.3, -0.25) is 4.79 Å². The van der Waals surface area contributed by atoms with E-state index in [1.54, 1.807) is 12.3 Å². The van der Waals surface area contributed by atoms with Crippen LogP contribution in [0.3, 0.4) is 0 Å². The number of carbonyl (C=O) groups excluding carboxylic acids is 1. The quantitative estimate of drug-likeness (QED) is 0.267. The highest BCUT2D eigenvalue weighted by Crippen LogP contribution is 2.37. The van der Waals surface area contributed by atoms with Crippen LogP contribution < -0.4 is 11.1 Å². The predicted molar refractivity (Wildman–Crippen MR) is 149 cm³/mol. The van der Waals surface area contributed by atoms with Gasteiger partial charge >= 0.3 is 0 Å². The number of rotatable bonds is 6. The molecule has 5 aromatic rings. The number of benzene rings is 2. The largest absolute Gasteiger partial charge is 0.456 e. The van der Waals surface area contributed by atoms with Crippen molar-refractivity contribution in [2.24, 2.45) is 5.73 Å². The van der Waals surface area contributed by atoms with E-state index >= 15 is 0 Å². The molecule has 0 saturated heterocycles. The predicted octanol–water partition coefficient (Wildman–Crippen LogP) is 5.77. The lowest BCUT2D eigenvalue weighted by atomic mass is 9.92. The van der Waals surface area contributed by atoms with Gasteiger partial charge in [0.2, 0.25) is 0 Å². The zero-order chi connectivity index (χ0) is 26.4. The van der Waals surface area contributed by atoms with Crippen LogP contribution in [0.1, 0.15) is 61.5 Å². The van der Waals surface area contributed by atoms with Gasteiger partial charge in [0.1, 0.15) is 11.3 Å². The third-order valence-corrected chi connectivity index (χ3v) is 7.40. The highest BCUT2D eigenvalue weighted by molar-refractivity contribution is 6.00. The molecule has 0 bridgehead atoms. The van der Waals surface area contributed by atoms with Crippen LogP contribution in [0.4, 0.5) is 5.69 Å². The number of nitrogens with two attached hydrogens (primary N) is 1. The Morgan fingerprint density at radius 2 is 1.89 bits per heavy atom. The SMILES string of the molecule is CC(C)c1nn(-c2ccc(C(N)=O)c(N[C@H]3CC[C@H](O)CC3)c2)c2nccc(-c3cc4ccccc4o3)c12. The molecule has 0 unspecified atom stereocenters. The van der Waals surface area contributed by atoms with Gasteiger partial charge in [-0.2, -0.15) is 5.10 Å². The Balaban J connectivity index is 1.48. The number of hydrogen-bond donors (Lipinski definition) is 3. The van der Waals surface area contributed by atoms with Crippen LogP contribution in [0.25, 0.3) is 39.0 Å². The van der Waals surface area contributed by atoms with Crippen molar-refractivity contribution < 1.29 is 14.3 Å². The van der Waals surface area contributed by atoms with Gasteiger partial charge in [0.05, 0.1) is 28.4 Å². The minimum absolute atomic E-state index is 0.141. The van der Waals surface area contributed by atoms with Crippen LogP contribution in [0.5, 0.6) is 0 Å². The van der Waals surface area contributed by atoms with E-state index in [0.29, 0.717) is 16.9 Å². The number of aromatic nitrogens is 3. The van der Waals surface area contributed by atoms with Crippen LogP contribution >= 0.6 is 0 Å². The summed E-state index contributed by atoms with van der Waals surface area (Å²) < 4.78 is 8.05. The third kappa shape index (κ3) is 4.31. The van der Waals surface area contributed by atoms with E-state index in [1.165, 1.54) is 0 Å². The summed E-state index contributed by atoms with van der Waals surface area (Å²) in [5, 5.41) is 20.4. The number of amides is 1. The van der Waals surface area contributed by atoms with Crippen molar-refractivity contribution in [3.63, 3.8) is 0 Å². The zero-order valence-electron chi connectivity index (χ0n) is 21.5. The van der Waals surface area contributed by atoms with Crippen molar-refractivity contribution in [1.29, 1.82) is 0 Å². The molecule has 6 rings (SSSR count). The Morgan fingerprint density at radius 3 is 2.63 bits per heavy atom. The van der Waals surface area contributed by atoms with Crippen molar-refractivity contribution >= 4 is 33.6 Å². The number of nitrogens with zero attached hydrogens (tertiary/aromatic N) is 3. The number of aliphatic hydroxyl groups is 1. The van der Waals surface area contributed by atoms with Gasteiger partial charge in [0.25, 0.3) is 5.91 Å². The monoisotopic (exact) mass is 509 g/mol. The first kappa shape index (κ1) is 24.2. The van der Waals surface area contributed by atoms with Crippen molar-refractivity contribution in [2.45, 2.75) is 57.6 Å². The maximum atomic E-state index is 12.2. The molecular formula is C30H31N5O3. The van der Waals surface area contributed by atoms with Crippen molar-refractivity contribution in [3.8, 4) is 17.0 Å². The number of furan rings is 1. The van der Waals surface area contributed by atoms with E-state index in [1.807, 2.05) is 47.1 Å². The number of hydrogen-bond acceptors (Lipinski definition) is 6. The van der Waals surface area contributed by atoms with Crippen molar-refractivity contribution in [1.82, 2.24) is 14.8 Å². The molecule has 194 valence electrons. The van der Waals surface area contributed by atoms with E-state index < -0.39 is 5.91 Å². The lowest BCUT2D eigenvalue weighted by Gasteiger charge is -2.27. The van der Waals surface area contributed by atoms with E-state index in [9.17, 15) is 9.90 Å². The van der Waals surface area contributed by atoms with Crippen LogP contribution in [0, 0.1) is 0 Å². The Bertz CT molecular complexity index is 1610. The molecule has 4 N–H and O–H groups in total. The maximum Gasteiger partial charge on any atom is 0.250 e. The molecule has 0 radical (unpaired) electrons. The van der Waals surface area contributed by atoms with Gasteiger partial charge in [0.15, 0.2) is 5.65 Å². The van der Waals surface area contributed by atoms with Gasteiger partial charge in [-0.25, -0.2) is 9.67 Å². The molecule has 1 saturated carbocycles. The summed E-state index contributed by atoms with van der Waals surface area (Å²) >= 11 is 0. The molecule has 3 aromatic heterocycles. The Labute approximate surface area is 220 Å². The Morgan fingerprint density at radius 1 is 1.11 bits per heavy atom. The molecule has 1 aliphatic rings. The fourth-order valence-electron chi connectivity index (χ4n) is 5.41. The maximum absolute atomic E-state index is 12.2. The van der Waals surface area contributed by atoms with Crippen molar-refractivity contribution in [3.05, 3.63) is 72.1 Å². The molecule has 38 heavy (non-hydrogen) atoms. The zero-order valence-corrected chi connectivity index (χ0v) is 21.5. The van der Waals surface area contributed by atoms with Crippen LogP contribution in [-0.2, 0) is 0 Å². The number of para-hydroxylation sites is 1. The molecule has 1 aliphatic carbocycles. The van der Waals surface area contributed by atoms with Crippen LogP contribution in [0.2, 0.25) is 0 Å². The van der Waals surface area contributed by atoms with Crippen LogP contribution in [-0.4, -0.2) is 37.9 Å². The molecule has 0 spiro atoms. The average molecular weight is 510 g/mol. The van der Waals surface area contributed by atoms with E-state index in [4.69, 9.17) is 20.2 Å². The molecule has 8 heteroatoms.